The maximum atomic E-state index is 13.5. The Kier molecular flexibility index (Phi) is 9.58. The van der Waals surface area contributed by atoms with Crippen molar-refractivity contribution in [2.75, 3.05) is 13.7 Å². The van der Waals surface area contributed by atoms with E-state index in [-0.39, 0.29) is 72.6 Å². The van der Waals surface area contributed by atoms with Crippen molar-refractivity contribution in [3.8, 4) is 11.5 Å². The minimum atomic E-state index is -1.79. The quantitative estimate of drug-likeness (QED) is 0.183. The Hall–Kier alpha value is -3.77. The van der Waals surface area contributed by atoms with Crippen LogP contribution < -0.4 is 5.32 Å². The second-order valence-electron chi connectivity index (χ2n) is 14.2. The number of aliphatic hydroxyl groups excluding tert-OH is 1. The van der Waals surface area contributed by atoms with Gasteiger partial charge in [-0.15, -0.1) is 0 Å². The van der Waals surface area contributed by atoms with Gasteiger partial charge in [0.2, 0.25) is 11.7 Å². The van der Waals surface area contributed by atoms with Crippen LogP contribution in [0.3, 0.4) is 0 Å². The molecule has 0 unspecified atom stereocenters. The summed E-state index contributed by atoms with van der Waals surface area (Å²) in [5, 5.41) is 45.1. The lowest BCUT2D eigenvalue weighted by atomic mass is 9.45. The van der Waals surface area contributed by atoms with Gasteiger partial charge in [-0.25, -0.2) is 4.79 Å². The highest BCUT2D eigenvalue weighted by Gasteiger charge is 2.68. The number of benzene rings is 1. The van der Waals surface area contributed by atoms with Crippen molar-refractivity contribution in [2.24, 2.45) is 28.6 Å². The van der Waals surface area contributed by atoms with Crippen molar-refractivity contribution in [3.63, 3.8) is 0 Å². The summed E-state index contributed by atoms with van der Waals surface area (Å²) in [5.41, 5.74) is -1.47. The van der Waals surface area contributed by atoms with Crippen LogP contribution in [0.5, 0.6) is 11.5 Å². The zero-order valence-electron chi connectivity index (χ0n) is 27.1. The fourth-order valence-corrected chi connectivity index (χ4v) is 9.24. The number of phenols is 2. The number of phenolic OH excluding ortho intramolecular Hbond substituents is 2. The highest BCUT2D eigenvalue weighted by molar-refractivity contribution is 5.92. The zero-order valence-corrected chi connectivity index (χ0v) is 27.1. The molecule has 3 saturated carbocycles. The molecule has 12 heteroatoms. The van der Waals surface area contributed by atoms with Gasteiger partial charge in [0.25, 0.3) is 0 Å². The topological polar surface area (TPSA) is 197 Å². The van der Waals surface area contributed by atoms with Crippen LogP contribution in [0.25, 0.3) is 0 Å². The third-order valence-electron chi connectivity index (χ3n) is 11.7. The largest absolute Gasteiger partial charge is 0.504 e. The Morgan fingerprint density at radius 3 is 2.49 bits per heavy atom. The minimum Gasteiger partial charge on any atom is -0.504 e. The van der Waals surface area contributed by atoms with Crippen molar-refractivity contribution >= 4 is 29.4 Å². The molecular weight excluding hydrogens is 610 g/mol. The molecule has 1 aromatic rings. The SMILES string of the molecule is COC(=O)[C@H](Cc1ccc(O)c(O)c1)NC(=O)CCC(=O)OCC(=O)[C@@]1(O)CC[C@@H]2[C@@H]3CCC4=CC(=O)CC[C@]4(C)[C@@H]3[C@H](O)C[C@@]21C. The summed E-state index contributed by atoms with van der Waals surface area (Å²) in [5.74, 6) is -3.47. The predicted molar refractivity (Wildman–Crippen MR) is 166 cm³/mol. The number of hydrogen-bond acceptors (Lipinski definition) is 11. The summed E-state index contributed by atoms with van der Waals surface area (Å²) in [7, 11) is 1.15. The second kappa shape index (κ2) is 13.0. The van der Waals surface area contributed by atoms with Crippen molar-refractivity contribution in [1.82, 2.24) is 5.32 Å². The van der Waals surface area contributed by atoms with Gasteiger partial charge in [0.05, 0.1) is 19.6 Å². The number of nitrogens with one attached hydrogen (secondary N) is 1. The number of ether oxygens (including phenoxy) is 2. The average molecular weight is 656 g/mol. The molecule has 5 rings (SSSR count). The first-order valence-corrected chi connectivity index (χ1v) is 16.3. The first-order valence-electron chi connectivity index (χ1n) is 16.3. The molecule has 0 spiro atoms. The summed E-state index contributed by atoms with van der Waals surface area (Å²) in [4.78, 5) is 63.1. The highest BCUT2D eigenvalue weighted by Crippen LogP contribution is 2.67. The van der Waals surface area contributed by atoms with Crippen LogP contribution in [-0.4, -0.2) is 81.3 Å². The number of carbonyl (C=O) groups excluding carboxylic acids is 5. The molecule has 1 aromatic carbocycles. The molecule has 0 aliphatic heterocycles. The number of fused-ring (bicyclic) bond motifs is 5. The molecule has 3 fully saturated rings. The van der Waals surface area contributed by atoms with Crippen LogP contribution in [0.2, 0.25) is 0 Å². The van der Waals surface area contributed by atoms with Gasteiger partial charge in [0.1, 0.15) is 11.6 Å². The smallest absolute Gasteiger partial charge is 0.328 e. The number of aromatic hydroxyl groups is 2. The number of allylic oxidation sites excluding steroid dienone is 1. The van der Waals surface area contributed by atoms with E-state index in [1.165, 1.54) is 18.2 Å². The monoisotopic (exact) mass is 655 g/mol. The number of amides is 1. The van der Waals surface area contributed by atoms with Crippen LogP contribution in [0.4, 0.5) is 0 Å². The molecule has 8 atom stereocenters. The highest BCUT2D eigenvalue weighted by atomic mass is 16.5. The van der Waals surface area contributed by atoms with Crippen molar-refractivity contribution in [3.05, 3.63) is 35.4 Å². The van der Waals surface area contributed by atoms with E-state index in [9.17, 15) is 44.4 Å². The summed E-state index contributed by atoms with van der Waals surface area (Å²) in [6.45, 7) is 3.31. The summed E-state index contributed by atoms with van der Waals surface area (Å²) in [6, 6.07) is 2.85. The van der Waals surface area contributed by atoms with E-state index in [1.54, 1.807) is 6.08 Å². The van der Waals surface area contributed by atoms with E-state index in [1.807, 2.05) is 6.92 Å². The third kappa shape index (κ3) is 6.29. The summed E-state index contributed by atoms with van der Waals surface area (Å²) >= 11 is 0. The second-order valence-corrected chi connectivity index (χ2v) is 14.2. The number of Topliss-reactive ketones (excluding diaryl/α,β-unsaturated/α-hetero) is 1. The Bertz CT molecular complexity index is 1490. The van der Waals surface area contributed by atoms with E-state index in [2.05, 4.69) is 12.2 Å². The zero-order chi connectivity index (χ0) is 34.3. The first kappa shape index (κ1) is 34.6. The number of methoxy groups -OCH3 is 1. The number of rotatable bonds is 10. The molecular formula is C35H45NO11. The number of aliphatic hydroxyl groups is 2. The molecule has 4 aliphatic rings. The molecule has 0 bridgehead atoms. The van der Waals surface area contributed by atoms with Crippen LogP contribution in [0.1, 0.15) is 77.2 Å². The molecule has 256 valence electrons. The number of esters is 2. The van der Waals surface area contributed by atoms with Gasteiger partial charge in [-0.05, 0) is 85.5 Å². The van der Waals surface area contributed by atoms with Gasteiger partial charge in [0.15, 0.2) is 23.9 Å². The molecule has 0 aromatic heterocycles. The number of ketones is 2. The molecule has 4 aliphatic carbocycles. The Labute approximate surface area is 273 Å². The van der Waals surface area contributed by atoms with Crippen LogP contribution in [-0.2, 0) is 39.9 Å². The Morgan fingerprint density at radius 1 is 1.04 bits per heavy atom. The third-order valence-corrected chi connectivity index (χ3v) is 11.7. The molecule has 1 amide bonds. The molecule has 5 N–H and O–H groups in total. The summed E-state index contributed by atoms with van der Waals surface area (Å²) in [6.07, 6.45) is 3.87. The normalized spacial score (nSPS) is 33.4. The van der Waals surface area contributed by atoms with Crippen LogP contribution in [0, 0.1) is 28.6 Å². The van der Waals surface area contributed by atoms with Gasteiger partial charge in [-0.3, -0.25) is 19.2 Å². The lowest BCUT2D eigenvalue weighted by Gasteiger charge is -2.60. The first-order chi connectivity index (χ1) is 22.1. The van der Waals surface area contributed by atoms with E-state index < -0.39 is 53.4 Å². The Balaban J connectivity index is 1.16. The minimum absolute atomic E-state index is 0.0199. The van der Waals surface area contributed by atoms with Gasteiger partial charge in [-0.1, -0.05) is 25.5 Å². The van der Waals surface area contributed by atoms with Crippen molar-refractivity contribution < 1.29 is 53.9 Å². The lowest BCUT2D eigenvalue weighted by molar-refractivity contribution is -0.184. The van der Waals surface area contributed by atoms with Crippen molar-refractivity contribution in [1.29, 1.82) is 0 Å². The Morgan fingerprint density at radius 2 is 1.79 bits per heavy atom. The molecule has 47 heavy (non-hydrogen) atoms. The summed E-state index contributed by atoms with van der Waals surface area (Å²) < 4.78 is 9.96. The van der Waals surface area contributed by atoms with E-state index in [0.29, 0.717) is 24.8 Å². The van der Waals surface area contributed by atoms with Gasteiger partial charge < -0.3 is 35.2 Å². The fraction of sp³-hybridized carbons (Fsp3) is 0.629. The predicted octanol–water partition coefficient (Wildman–Crippen LogP) is 2.42. The average Bonchev–Trinajstić information content (AvgIpc) is 3.30. The standard InChI is InChI=1S/C35H45NO11/c1-33-12-10-21(37)16-20(33)5-6-22-23-11-13-35(45,34(23,2)17-27(40)31(22)33)28(41)18-47-30(43)9-8-29(42)36-24(32(44)46-3)14-19-4-7-25(38)26(39)15-19/h4,7,15-16,22-24,27,31,38-40,45H,5-6,8-14,17-18H2,1-3H3,(H,36,42)/t22-,23+,24-,27+,31-,33-,34-,35-/m0/s1. The maximum absolute atomic E-state index is 13.5. The van der Waals surface area contributed by atoms with E-state index in [0.717, 1.165) is 25.5 Å². The van der Waals surface area contributed by atoms with Gasteiger partial charge in [0, 0.05) is 24.7 Å². The molecule has 0 saturated heterocycles. The molecule has 0 heterocycles. The number of carbonyl (C=O) groups is 5. The van der Waals surface area contributed by atoms with E-state index >= 15 is 0 Å². The van der Waals surface area contributed by atoms with Crippen molar-refractivity contribution in [2.45, 2.75) is 95.8 Å². The van der Waals surface area contributed by atoms with Gasteiger partial charge in [-0.2, -0.15) is 0 Å². The molecule has 12 nitrogen and oxygen atoms in total. The number of hydrogen-bond donors (Lipinski definition) is 5. The molecule has 0 radical (unpaired) electrons. The maximum Gasteiger partial charge on any atom is 0.328 e. The van der Waals surface area contributed by atoms with Crippen LogP contribution >= 0.6 is 0 Å². The lowest BCUT2D eigenvalue weighted by Crippen LogP contribution is -2.62. The van der Waals surface area contributed by atoms with Crippen LogP contribution in [0.15, 0.2) is 29.8 Å². The van der Waals surface area contributed by atoms with Gasteiger partial charge >= 0.3 is 11.9 Å². The fourth-order valence-electron chi connectivity index (χ4n) is 9.24. The van der Waals surface area contributed by atoms with E-state index in [4.69, 9.17) is 9.47 Å².